The van der Waals surface area contributed by atoms with Crippen LogP contribution in [0.4, 0.5) is 0 Å². The second-order valence-electron chi connectivity index (χ2n) is 3.47. The number of benzene rings is 1. The predicted molar refractivity (Wildman–Crippen MR) is 55.6 cm³/mol. The molecule has 1 amide bonds. The van der Waals surface area contributed by atoms with Crippen LogP contribution in [0.25, 0.3) is 0 Å². The highest BCUT2D eigenvalue weighted by molar-refractivity contribution is 5.94. The summed E-state index contributed by atoms with van der Waals surface area (Å²) >= 11 is 0. The molecule has 14 heavy (non-hydrogen) atoms. The first-order valence-electron chi connectivity index (χ1n) is 4.54. The van der Waals surface area contributed by atoms with E-state index in [9.17, 15) is 4.79 Å². The summed E-state index contributed by atoms with van der Waals surface area (Å²) < 4.78 is 5.09. The average molecular weight is 193 g/mol. The highest BCUT2D eigenvalue weighted by Crippen LogP contribution is 2.24. The van der Waals surface area contributed by atoms with Crippen molar-refractivity contribution < 1.29 is 9.53 Å². The molecule has 0 aliphatic rings. The topological polar surface area (TPSA) is 52.3 Å². The molecule has 1 aromatic rings. The van der Waals surface area contributed by atoms with Crippen molar-refractivity contribution in [3.63, 3.8) is 0 Å². The maximum Gasteiger partial charge on any atom is 0.248 e. The van der Waals surface area contributed by atoms with Gasteiger partial charge in [0.2, 0.25) is 5.91 Å². The van der Waals surface area contributed by atoms with E-state index < -0.39 is 5.91 Å². The molecular weight excluding hydrogens is 178 g/mol. The minimum Gasteiger partial charge on any atom is -0.497 e. The van der Waals surface area contributed by atoms with Crippen LogP contribution in [0.1, 0.15) is 35.7 Å². The molecule has 0 bridgehead atoms. The summed E-state index contributed by atoms with van der Waals surface area (Å²) in [5.74, 6) is 0.614. The van der Waals surface area contributed by atoms with Crippen LogP contribution in [0.15, 0.2) is 18.2 Å². The number of carbonyl (C=O) groups excluding carboxylic acids is 1. The fourth-order valence-corrected chi connectivity index (χ4v) is 1.37. The molecule has 0 radical (unpaired) electrons. The summed E-state index contributed by atoms with van der Waals surface area (Å²) in [5, 5.41) is 0. The summed E-state index contributed by atoms with van der Waals surface area (Å²) in [6.45, 7) is 4.03. The van der Waals surface area contributed by atoms with Crippen molar-refractivity contribution in [1.82, 2.24) is 0 Å². The second kappa shape index (κ2) is 4.13. The molecule has 76 valence electrons. The van der Waals surface area contributed by atoms with E-state index in [-0.39, 0.29) is 5.92 Å². The van der Waals surface area contributed by atoms with Crippen molar-refractivity contribution in [3.8, 4) is 5.75 Å². The van der Waals surface area contributed by atoms with Crippen molar-refractivity contribution in [3.05, 3.63) is 29.3 Å². The number of methoxy groups -OCH3 is 1. The Morgan fingerprint density at radius 1 is 1.43 bits per heavy atom. The van der Waals surface area contributed by atoms with Gasteiger partial charge in [-0.05, 0) is 29.7 Å². The Kier molecular flexibility index (Phi) is 3.12. The number of hydrogen-bond acceptors (Lipinski definition) is 2. The zero-order valence-corrected chi connectivity index (χ0v) is 8.70. The fraction of sp³-hybridized carbons (Fsp3) is 0.364. The van der Waals surface area contributed by atoms with Crippen LogP contribution < -0.4 is 10.5 Å². The first-order valence-corrected chi connectivity index (χ1v) is 4.54. The van der Waals surface area contributed by atoms with E-state index in [0.29, 0.717) is 5.56 Å². The van der Waals surface area contributed by atoms with Gasteiger partial charge < -0.3 is 10.5 Å². The summed E-state index contributed by atoms with van der Waals surface area (Å²) in [6.07, 6.45) is 0. The Morgan fingerprint density at radius 2 is 2.07 bits per heavy atom. The van der Waals surface area contributed by atoms with Crippen molar-refractivity contribution >= 4 is 5.91 Å². The number of nitrogens with two attached hydrogens (primary N) is 1. The van der Waals surface area contributed by atoms with Gasteiger partial charge in [-0.2, -0.15) is 0 Å². The number of carbonyl (C=O) groups is 1. The van der Waals surface area contributed by atoms with E-state index in [0.717, 1.165) is 11.3 Å². The minimum atomic E-state index is -0.392. The van der Waals surface area contributed by atoms with Crippen molar-refractivity contribution in [2.24, 2.45) is 5.73 Å². The first kappa shape index (κ1) is 10.6. The van der Waals surface area contributed by atoms with Crippen molar-refractivity contribution in [1.29, 1.82) is 0 Å². The van der Waals surface area contributed by atoms with Crippen LogP contribution in [-0.2, 0) is 0 Å². The molecule has 3 heteroatoms. The maximum absolute atomic E-state index is 11.1. The average Bonchev–Trinajstić information content (AvgIpc) is 2.16. The minimum absolute atomic E-state index is 0.257. The van der Waals surface area contributed by atoms with Gasteiger partial charge in [0.15, 0.2) is 0 Å². The molecule has 0 saturated heterocycles. The summed E-state index contributed by atoms with van der Waals surface area (Å²) in [7, 11) is 1.60. The van der Waals surface area contributed by atoms with Crippen molar-refractivity contribution in [2.75, 3.05) is 7.11 Å². The quantitative estimate of drug-likeness (QED) is 0.797. The molecule has 2 N–H and O–H groups in total. The normalized spacial score (nSPS) is 10.3. The van der Waals surface area contributed by atoms with Crippen LogP contribution in [0.3, 0.4) is 0 Å². The van der Waals surface area contributed by atoms with E-state index in [1.165, 1.54) is 0 Å². The van der Waals surface area contributed by atoms with Crippen LogP contribution in [0.5, 0.6) is 5.75 Å². The smallest absolute Gasteiger partial charge is 0.248 e. The lowest BCUT2D eigenvalue weighted by molar-refractivity contribution is 0.0999. The molecule has 0 atom stereocenters. The predicted octanol–water partition coefficient (Wildman–Crippen LogP) is 1.92. The second-order valence-corrected chi connectivity index (χ2v) is 3.47. The SMILES string of the molecule is COc1ccc(C(N)=O)c(C(C)C)c1. The molecule has 0 aliphatic carbocycles. The highest BCUT2D eigenvalue weighted by Gasteiger charge is 2.11. The summed E-state index contributed by atoms with van der Waals surface area (Å²) in [4.78, 5) is 11.1. The van der Waals surface area contributed by atoms with Gasteiger partial charge in [-0.1, -0.05) is 13.8 Å². The molecule has 0 heterocycles. The van der Waals surface area contributed by atoms with Gasteiger partial charge in [-0.15, -0.1) is 0 Å². The standard InChI is InChI=1S/C11H15NO2/c1-7(2)10-6-8(14-3)4-5-9(10)11(12)13/h4-7H,1-3H3,(H2,12,13). The van der Waals surface area contributed by atoms with Gasteiger partial charge in [-0.25, -0.2) is 0 Å². The Bertz CT molecular complexity index is 345. The number of amides is 1. The number of hydrogen-bond donors (Lipinski definition) is 1. The van der Waals surface area contributed by atoms with E-state index in [1.54, 1.807) is 19.2 Å². The summed E-state index contributed by atoms with van der Waals surface area (Å²) in [6, 6.07) is 5.30. The fourth-order valence-electron chi connectivity index (χ4n) is 1.37. The monoisotopic (exact) mass is 193 g/mol. The molecule has 1 rings (SSSR count). The largest absolute Gasteiger partial charge is 0.497 e. The third kappa shape index (κ3) is 2.05. The van der Waals surface area contributed by atoms with E-state index in [2.05, 4.69) is 0 Å². The molecule has 1 aromatic carbocycles. The molecule has 0 aromatic heterocycles. The van der Waals surface area contributed by atoms with Gasteiger partial charge in [0, 0.05) is 5.56 Å². The van der Waals surface area contributed by atoms with Crippen LogP contribution in [-0.4, -0.2) is 13.0 Å². The van der Waals surface area contributed by atoms with Gasteiger partial charge in [0.05, 0.1) is 7.11 Å². The van der Waals surface area contributed by atoms with Gasteiger partial charge in [0.1, 0.15) is 5.75 Å². The highest BCUT2D eigenvalue weighted by atomic mass is 16.5. The summed E-state index contributed by atoms with van der Waals surface area (Å²) in [5.41, 5.74) is 6.76. The molecule has 0 aliphatic heterocycles. The zero-order chi connectivity index (χ0) is 10.7. The number of ether oxygens (including phenoxy) is 1. The number of rotatable bonds is 3. The molecule has 0 fully saturated rings. The van der Waals surface area contributed by atoms with E-state index in [4.69, 9.17) is 10.5 Å². The molecule has 0 spiro atoms. The lowest BCUT2D eigenvalue weighted by atomic mass is 9.96. The number of primary amides is 1. The molecule has 0 unspecified atom stereocenters. The van der Waals surface area contributed by atoms with Crippen LogP contribution in [0.2, 0.25) is 0 Å². The van der Waals surface area contributed by atoms with Crippen LogP contribution in [0, 0.1) is 0 Å². The van der Waals surface area contributed by atoms with E-state index >= 15 is 0 Å². The van der Waals surface area contributed by atoms with Gasteiger partial charge in [0.25, 0.3) is 0 Å². The third-order valence-electron chi connectivity index (χ3n) is 2.15. The Hall–Kier alpha value is -1.51. The molecule has 0 saturated carbocycles. The third-order valence-corrected chi connectivity index (χ3v) is 2.15. The van der Waals surface area contributed by atoms with Gasteiger partial charge >= 0.3 is 0 Å². The first-order chi connectivity index (χ1) is 6.56. The lowest BCUT2D eigenvalue weighted by Gasteiger charge is -2.11. The molecular formula is C11H15NO2. The van der Waals surface area contributed by atoms with Gasteiger partial charge in [-0.3, -0.25) is 4.79 Å². The lowest BCUT2D eigenvalue weighted by Crippen LogP contribution is -2.14. The zero-order valence-electron chi connectivity index (χ0n) is 8.70. The van der Waals surface area contributed by atoms with Crippen molar-refractivity contribution in [2.45, 2.75) is 19.8 Å². The van der Waals surface area contributed by atoms with E-state index in [1.807, 2.05) is 19.9 Å². The Labute approximate surface area is 83.9 Å². The Balaban J connectivity index is 3.24. The maximum atomic E-state index is 11.1. The van der Waals surface area contributed by atoms with Crippen LogP contribution >= 0.6 is 0 Å². The Morgan fingerprint density at radius 3 is 2.50 bits per heavy atom. The molecule has 3 nitrogen and oxygen atoms in total.